The molecule has 0 spiro atoms. The molecular formula is C54H32N2O. The van der Waals surface area contributed by atoms with Crippen LogP contribution in [0.4, 0.5) is 0 Å². The molecular weight excluding hydrogens is 693 g/mol. The van der Waals surface area contributed by atoms with Crippen molar-refractivity contribution in [2.75, 3.05) is 0 Å². The Kier molecular flexibility index (Phi) is 6.16. The fourth-order valence-electron chi connectivity index (χ4n) is 10.0. The molecule has 57 heavy (non-hydrogen) atoms. The van der Waals surface area contributed by atoms with E-state index in [4.69, 9.17) is 4.42 Å². The first-order valence-electron chi connectivity index (χ1n) is 19.6. The van der Waals surface area contributed by atoms with Crippen molar-refractivity contribution in [3.8, 4) is 22.5 Å². The zero-order chi connectivity index (χ0) is 37.2. The predicted molar refractivity (Wildman–Crippen MR) is 240 cm³/mol. The minimum atomic E-state index is 0.897. The topological polar surface area (TPSA) is 23.0 Å². The molecule has 3 nitrogen and oxygen atoms in total. The van der Waals surface area contributed by atoms with E-state index in [0.717, 1.165) is 44.3 Å². The van der Waals surface area contributed by atoms with Gasteiger partial charge in [-0.15, -0.1) is 0 Å². The van der Waals surface area contributed by atoms with Crippen molar-refractivity contribution in [1.29, 1.82) is 0 Å². The van der Waals surface area contributed by atoms with Crippen LogP contribution < -0.4 is 0 Å². The van der Waals surface area contributed by atoms with E-state index in [2.05, 4.69) is 203 Å². The molecule has 0 atom stereocenters. The van der Waals surface area contributed by atoms with Gasteiger partial charge in [-0.2, -0.15) is 0 Å². The minimum absolute atomic E-state index is 0.897. The van der Waals surface area contributed by atoms with Crippen LogP contribution >= 0.6 is 0 Å². The lowest BCUT2D eigenvalue weighted by Crippen LogP contribution is -1.95. The number of hydrogen-bond acceptors (Lipinski definition) is 1. The van der Waals surface area contributed by atoms with Crippen molar-refractivity contribution in [3.63, 3.8) is 0 Å². The lowest BCUT2D eigenvalue weighted by Gasteiger charge is -2.14. The molecule has 0 saturated heterocycles. The van der Waals surface area contributed by atoms with Gasteiger partial charge in [-0.1, -0.05) is 146 Å². The number of benzene rings is 10. The Bertz CT molecular complexity index is 3790. The molecule has 0 saturated carbocycles. The molecule has 0 aliphatic heterocycles. The summed E-state index contributed by atoms with van der Waals surface area (Å²) in [7, 11) is 0. The highest BCUT2D eigenvalue weighted by molar-refractivity contribution is 6.44. The second kappa shape index (κ2) is 11.5. The van der Waals surface area contributed by atoms with Crippen LogP contribution in [0.15, 0.2) is 199 Å². The molecule has 0 aliphatic rings. The second-order valence-electron chi connectivity index (χ2n) is 15.2. The van der Waals surface area contributed by atoms with Gasteiger partial charge in [-0.3, -0.25) is 0 Å². The monoisotopic (exact) mass is 724 g/mol. The summed E-state index contributed by atoms with van der Waals surface area (Å²) >= 11 is 0. The average molecular weight is 725 g/mol. The first-order chi connectivity index (χ1) is 28.3. The quantitative estimate of drug-likeness (QED) is 0.166. The zero-order valence-corrected chi connectivity index (χ0v) is 30.8. The van der Waals surface area contributed by atoms with Gasteiger partial charge < -0.3 is 13.6 Å². The molecule has 0 unspecified atom stereocenters. The summed E-state index contributed by atoms with van der Waals surface area (Å²) in [4.78, 5) is 0. The van der Waals surface area contributed by atoms with Gasteiger partial charge >= 0.3 is 0 Å². The summed E-state index contributed by atoms with van der Waals surface area (Å²) < 4.78 is 11.8. The van der Waals surface area contributed by atoms with Crippen molar-refractivity contribution in [2.45, 2.75) is 0 Å². The highest BCUT2D eigenvalue weighted by Crippen LogP contribution is 2.50. The molecule has 0 fully saturated rings. The molecule has 0 radical (unpaired) electrons. The number of nitrogens with zero attached hydrogens (tertiary/aromatic N) is 2. The molecule has 10 aromatic carbocycles. The van der Waals surface area contributed by atoms with E-state index in [0.29, 0.717) is 0 Å². The van der Waals surface area contributed by atoms with Crippen LogP contribution in [0.1, 0.15) is 0 Å². The van der Waals surface area contributed by atoms with Crippen LogP contribution in [0.5, 0.6) is 0 Å². The number of aromatic nitrogens is 2. The third-order valence-corrected chi connectivity index (χ3v) is 12.3. The SMILES string of the molecule is c1ccc(-n2c3ccccc3c3c(-c4ccc(-n5c6ccccc6c6c7c8ccccc8c8ccccc8c7c7c8ccccc8oc7c65)cc4)cccc32)cc1. The Labute approximate surface area is 326 Å². The Balaban J connectivity index is 1.13. The predicted octanol–water partition coefficient (Wildman–Crippen LogP) is 14.9. The van der Waals surface area contributed by atoms with Crippen LogP contribution in [-0.4, -0.2) is 9.13 Å². The molecule has 3 aromatic heterocycles. The van der Waals surface area contributed by atoms with Gasteiger partial charge in [0.25, 0.3) is 0 Å². The molecule has 0 aliphatic carbocycles. The van der Waals surface area contributed by atoms with E-state index in [1.54, 1.807) is 0 Å². The number of furan rings is 1. The minimum Gasteiger partial charge on any atom is -0.454 e. The Hall–Kier alpha value is -7.62. The first-order valence-corrected chi connectivity index (χ1v) is 19.6. The van der Waals surface area contributed by atoms with E-state index in [-0.39, 0.29) is 0 Å². The van der Waals surface area contributed by atoms with Crippen LogP contribution in [0.3, 0.4) is 0 Å². The maximum absolute atomic E-state index is 7.02. The molecule has 3 heterocycles. The molecule has 13 aromatic rings. The number of para-hydroxylation sites is 4. The maximum atomic E-state index is 7.02. The van der Waals surface area contributed by atoms with Gasteiger partial charge in [-0.05, 0) is 81.2 Å². The lowest BCUT2D eigenvalue weighted by molar-refractivity contribution is 0.671. The summed E-state index contributed by atoms with van der Waals surface area (Å²) in [6, 6.07) is 70.4. The molecule has 264 valence electrons. The highest BCUT2D eigenvalue weighted by Gasteiger charge is 2.26. The van der Waals surface area contributed by atoms with Gasteiger partial charge in [0.05, 0.1) is 22.1 Å². The first kappa shape index (κ1) is 30.7. The van der Waals surface area contributed by atoms with E-state index < -0.39 is 0 Å². The van der Waals surface area contributed by atoms with Crippen LogP contribution in [0.25, 0.3) is 120 Å². The van der Waals surface area contributed by atoms with Crippen molar-refractivity contribution in [3.05, 3.63) is 194 Å². The number of rotatable bonds is 3. The Morgan fingerprint density at radius 1 is 0.298 bits per heavy atom. The smallest absolute Gasteiger partial charge is 0.160 e. The number of hydrogen-bond donors (Lipinski definition) is 0. The fraction of sp³-hybridized carbons (Fsp3) is 0. The van der Waals surface area contributed by atoms with Gasteiger partial charge in [0.1, 0.15) is 5.58 Å². The van der Waals surface area contributed by atoms with Crippen molar-refractivity contribution < 1.29 is 4.42 Å². The molecule has 0 bridgehead atoms. The summed E-state index contributed by atoms with van der Waals surface area (Å²) in [5, 5.41) is 14.8. The van der Waals surface area contributed by atoms with Gasteiger partial charge in [0.15, 0.2) is 5.58 Å². The normalized spacial score (nSPS) is 12.2. The van der Waals surface area contributed by atoms with Crippen LogP contribution in [-0.2, 0) is 0 Å². The molecule has 13 rings (SSSR count). The van der Waals surface area contributed by atoms with Gasteiger partial charge in [0, 0.05) is 54.5 Å². The van der Waals surface area contributed by atoms with Crippen LogP contribution in [0, 0.1) is 0 Å². The van der Waals surface area contributed by atoms with Gasteiger partial charge in [-0.25, -0.2) is 0 Å². The Morgan fingerprint density at radius 2 is 0.807 bits per heavy atom. The lowest BCUT2D eigenvalue weighted by atomic mass is 9.89. The van der Waals surface area contributed by atoms with Gasteiger partial charge in [0.2, 0.25) is 0 Å². The number of fused-ring (bicyclic) bond motifs is 18. The summed E-state index contributed by atoms with van der Waals surface area (Å²) in [6.45, 7) is 0. The van der Waals surface area contributed by atoms with E-state index in [1.807, 2.05) is 0 Å². The second-order valence-corrected chi connectivity index (χ2v) is 15.2. The molecule has 0 N–H and O–H groups in total. The highest BCUT2D eigenvalue weighted by atomic mass is 16.3. The third kappa shape index (κ3) is 4.10. The summed E-state index contributed by atoms with van der Waals surface area (Å²) in [5.74, 6) is 0. The fourth-order valence-corrected chi connectivity index (χ4v) is 10.0. The molecule has 0 amide bonds. The maximum Gasteiger partial charge on any atom is 0.160 e. The summed E-state index contributed by atoms with van der Waals surface area (Å²) in [5.41, 5.74) is 11.1. The molecule has 3 heteroatoms. The average Bonchev–Trinajstić information content (AvgIpc) is 3.95. The summed E-state index contributed by atoms with van der Waals surface area (Å²) in [6.07, 6.45) is 0. The van der Waals surface area contributed by atoms with E-state index in [9.17, 15) is 0 Å². The van der Waals surface area contributed by atoms with Crippen molar-refractivity contribution in [2.24, 2.45) is 0 Å². The van der Waals surface area contributed by atoms with E-state index >= 15 is 0 Å². The zero-order valence-electron chi connectivity index (χ0n) is 30.8. The van der Waals surface area contributed by atoms with Crippen molar-refractivity contribution in [1.82, 2.24) is 9.13 Å². The van der Waals surface area contributed by atoms with Crippen molar-refractivity contribution >= 4 is 97.9 Å². The van der Waals surface area contributed by atoms with Crippen LogP contribution in [0.2, 0.25) is 0 Å². The van der Waals surface area contributed by atoms with E-state index in [1.165, 1.54) is 76.0 Å². The largest absolute Gasteiger partial charge is 0.454 e. The standard InChI is InChI=1S/C54H32N2O/c1-2-15-34(16-3-1)55-44-25-11-8-21-41(44)48-36(24-14-27-46(48)55)33-29-31-35(32-30-33)56-45-26-12-9-22-42(45)51-49-39-19-6-4-17-37(39)38-18-5-7-20-40(38)50(49)52-43-23-10-13-28-47(43)57-54(52)53(51)56/h1-32H. The third-order valence-electron chi connectivity index (χ3n) is 12.3. The Morgan fingerprint density at radius 3 is 1.51 bits per heavy atom.